The summed E-state index contributed by atoms with van der Waals surface area (Å²) >= 11 is 0. The van der Waals surface area contributed by atoms with Gasteiger partial charge >= 0.3 is 12.1 Å². The second-order valence-electron chi connectivity index (χ2n) is 5.51. The molecule has 0 aliphatic heterocycles. The topological polar surface area (TPSA) is 102 Å². The largest absolute Gasteiger partial charge is 0.480 e. The van der Waals surface area contributed by atoms with Gasteiger partial charge in [0.25, 0.3) is 0 Å². The fourth-order valence-corrected chi connectivity index (χ4v) is 2.50. The van der Waals surface area contributed by atoms with Crippen molar-refractivity contribution in [2.24, 2.45) is 11.7 Å². The molecule has 4 N–H and O–H groups in total. The summed E-state index contributed by atoms with van der Waals surface area (Å²) in [6, 6.07) is 9.43. The monoisotopic (exact) mass is 292 g/mol. The lowest BCUT2D eigenvalue weighted by atomic mass is 9.67. The first-order valence-electron chi connectivity index (χ1n) is 6.96. The van der Waals surface area contributed by atoms with Crippen molar-refractivity contribution < 1.29 is 19.4 Å². The average molecular weight is 292 g/mol. The number of aliphatic carboxylic acids is 1. The zero-order valence-electron chi connectivity index (χ0n) is 11.7. The van der Waals surface area contributed by atoms with Crippen LogP contribution in [0.25, 0.3) is 0 Å². The van der Waals surface area contributed by atoms with Crippen LogP contribution in [0.3, 0.4) is 0 Å². The molecule has 1 aromatic rings. The SMILES string of the molecule is NC1(C(=O)O)CC(CCNC(=O)OCc2ccccc2)C1. The summed E-state index contributed by atoms with van der Waals surface area (Å²) in [5.74, 6) is -0.700. The average Bonchev–Trinajstić information content (AvgIpc) is 2.44. The van der Waals surface area contributed by atoms with E-state index in [1.165, 1.54) is 0 Å². The molecule has 2 rings (SSSR count). The molecule has 0 bridgehead atoms. The summed E-state index contributed by atoms with van der Waals surface area (Å²) in [5, 5.41) is 11.5. The van der Waals surface area contributed by atoms with Crippen molar-refractivity contribution in [3.63, 3.8) is 0 Å². The van der Waals surface area contributed by atoms with Gasteiger partial charge in [-0.15, -0.1) is 0 Å². The molecular formula is C15H20N2O4. The number of benzene rings is 1. The van der Waals surface area contributed by atoms with Gasteiger partial charge in [0.2, 0.25) is 0 Å². The highest BCUT2D eigenvalue weighted by Crippen LogP contribution is 2.37. The van der Waals surface area contributed by atoms with Gasteiger partial charge in [-0.05, 0) is 30.7 Å². The number of carbonyl (C=O) groups excluding carboxylic acids is 1. The summed E-state index contributed by atoms with van der Waals surface area (Å²) in [5.41, 5.74) is 5.53. The van der Waals surface area contributed by atoms with Gasteiger partial charge in [0.05, 0.1) is 0 Å². The van der Waals surface area contributed by atoms with E-state index in [2.05, 4.69) is 5.32 Å². The van der Waals surface area contributed by atoms with Crippen LogP contribution in [0.2, 0.25) is 0 Å². The van der Waals surface area contributed by atoms with E-state index < -0.39 is 17.6 Å². The zero-order valence-corrected chi connectivity index (χ0v) is 11.7. The summed E-state index contributed by atoms with van der Waals surface area (Å²) < 4.78 is 5.07. The maximum Gasteiger partial charge on any atom is 0.407 e. The molecule has 1 saturated carbocycles. The van der Waals surface area contributed by atoms with Gasteiger partial charge in [-0.3, -0.25) is 4.79 Å². The van der Waals surface area contributed by atoms with Crippen LogP contribution in [0.15, 0.2) is 30.3 Å². The molecule has 0 saturated heterocycles. The number of alkyl carbamates (subject to hydrolysis) is 1. The van der Waals surface area contributed by atoms with Crippen LogP contribution in [0.1, 0.15) is 24.8 Å². The van der Waals surface area contributed by atoms with E-state index in [4.69, 9.17) is 15.6 Å². The van der Waals surface area contributed by atoms with Gasteiger partial charge in [-0.2, -0.15) is 0 Å². The van der Waals surface area contributed by atoms with E-state index in [1.54, 1.807) is 0 Å². The fraction of sp³-hybridized carbons (Fsp3) is 0.467. The van der Waals surface area contributed by atoms with Gasteiger partial charge < -0.3 is 20.9 Å². The van der Waals surface area contributed by atoms with Crippen molar-refractivity contribution in [2.45, 2.75) is 31.4 Å². The number of hydrogen-bond donors (Lipinski definition) is 3. The van der Waals surface area contributed by atoms with Gasteiger partial charge in [0.1, 0.15) is 12.1 Å². The van der Waals surface area contributed by atoms with E-state index >= 15 is 0 Å². The summed E-state index contributed by atoms with van der Waals surface area (Å²) in [6.45, 7) is 0.703. The van der Waals surface area contributed by atoms with Crippen molar-refractivity contribution in [3.8, 4) is 0 Å². The minimum Gasteiger partial charge on any atom is -0.480 e. The Morgan fingerprint density at radius 2 is 2.00 bits per heavy atom. The van der Waals surface area contributed by atoms with E-state index in [0.717, 1.165) is 5.56 Å². The molecular weight excluding hydrogens is 272 g/mol. The van der Waals surface area contributed by atoms with E-state index in [9.17, 15) is 9.59 Å². The maximum absolute atomic E-state index is 11.5. The van der Waals surface area contributed by atoms with Gasteiger partial charge in [0, 0.05) is 6.54 Å². The van der Waals surface area contributed by atoms with Crippen LogP contribution >= 0.6 is 0 Å². The molecule has 21 heavy (non-hydrogen) atoms. The number of carboxylic acids is 1. The molecule has 1 amide bonds. The maximum atomic E-state index is 11.5. The quantitative estimate of drug-likeness (QED) is 0.737. The summed E-state index contributed by atoms with van der Waals surface area (Å²) in [7, 11) is 0. The molecule has 6 heteroatoms. The highest BCUT2D eigenvalue weighted by atomic mass is 16.5. The van der Waals surface area contributed by atoms with Crippen LogP contribution in [-0.4, -0.2) is 29.3 Å². The van der Waals surface area contributed by atoms with Crippen LogP contribution in [-0.2, 0) is 16.1 Å². The number of nitrogens with one attached hydrogen (secondary N) is 1. The molecule has 0 heterocycles. The molecule has 1 aliphatic rings. The Hall–Kier alpha value is -2.08. The number of rotatable bonds is 6. The van der Waals surface area contributed by atoms with Gasteiger partial charge in [0.15, 0.2) is 0 Å². The Labute approximate surface area is 123 Å². The minimum absolute atomic E-state index is 0.237. The van der Waals surface area contributed by atoms with Crippen LogP contribution in [0.5, 0.6) is 0 Å². The van der Waals surface area contributed by atoms with Crippen molar-refractivity contribution in [1.82, 2.24) is 5.32 Å². The van der Waals surface area contributed by atoms with Gasteiger partial charge in [-0.1, -0.05) is 30.3 Å². The first-order valence-corrected chi connectivity index (χ1v) is 6.96. The van der Waals surface area contributed by atoms with E-state index in [1.807, 2.05) is 30.3 Å². The first kappa shape index (κ1) is 15.3. The number of ether oxygens (including phenoxy) is 1. The van der Waals surface area contributed by atoms with Crippen molar-refractivity contribution in [2.75, 3.05) is 6.54 Å². The second-order valence-corrected chi connectivity index (χ2v) is 5.51. The molecule has 0 atom stereocenters. The zero-order chi connectivity index (χ0) is 15.3. The third-order valence-corrected chi connectivity index (χ3v) is 3.77. The molecule has 114 valence electrons. The number of carbonyl (C=O) groups is 2. The normalized spacial score (nSPS) is 24.0. The molecule has 1 aliphatic carbocycles. The Balaban J connectivity index is 1.57. The Morgan fingerprint density at radius 3 is 2.62 bits per heavy atom. The molecule has 1 fully saturated rings. The molecule has 0 aromatic heterocycles. The first-order chi connectivity index (χ1) is 9.99. The predicted octanol–water partition coefficient (Wildman–Crippen LogP) is 1.49. The highest BCUT2D eigenvalue weighted by Gasteiger charge is 2.46. The predicted molar refractivity (Wildman–Crippen MR) is 76.5 cm³/mol. The van der Waals surface area contributed by atoms with Crippen molar-refractivity contribution in [3.05, 3.63) is 35.9 Å². The van der Waals surface area contributed by atoms with Crippen LogP contribution in [0, 0.1) is 5.92 Å². The van der Waals surface area contributed by atoms with E-state index in [0.29, 0.717) is 25.8 Å². The summed E-state index contributed by atoms with van der Waals surface area (Å²) in [4.78, 5) is 22.3. The highest BCUT2D eigenvalue weighted by molar-refractivity contribution is 5.79. The third kappa shape index (κ3) is 4.19. The van der Waals surface area contributed by atoms with E-state index in [-0.39, 0.29) is 12.5 Å². The number of nitrogens with two attached hydrogens (primary N) is 1. The second kappa shape index (κ2) is 6.58. The third-order valence-electron chi connectivity index (χ3n) is 3.77. The molecule has 6 nitrogen and oxygen atoms in total. The van der Waals surface area contributed by atoms with Crippen molar-refractivity contribution >= 4 is 12.1 Å². The minimum atomic E-state index is -1.07. The molecule has 0 unspecified atom stereocenters. The summed E-state index contributed by atoms with van der Waals surface area (Å²) in [6.07, 6.45) is 1.18. The molecule has 0 radical (unpaired) electrons. The lowest BCUT2D eigenvalue weighted by Gasteiger charge is -2.41. The Bertz CT molecular complexity index is 498. The fourth-order valence-electron chi connectivity index (χ4n) is 2.50. The molecule has 0 spiro atoms. The Kier molecular flexibility index (Phi) is 4.80. The smallest absolute Gasteiger partial charge is 0.407 e. The standard InChI is InChI=1S/C15H20N2O4/c16-15(13(18)19)8-12(9-15)6-7-17-14(20)21-10-11-4-2-1-3-5-11/h1-5,12H,6-10,16H2,(H,17,20)(H,18,19). The number of hydrogen-bond acceptors (Lipinski definition) is 4. The lowest BCUT2D eigenvalue weighted by molar-refractivity contribution is -0.148. The van der Waals surface area contributed by atoms with Crippen LogP contribution < -0.4 is 11.1 Å². The van der Waals surface area contributed by atoms with Crippen molar-refractivity contribution in [1.29, 1.82) is 0 Å². The number of amides is 1. The van der Waals surface area contributed by atoms with Crippen LogP contribution in [0.4, 0.5) is 4.79 Å². The number of carboxylic acid groups (broad SMARTS) is 1. The Morgan fingerprint density at radius 1 is 1.33 bits per heavy atom. The van der Waals surface area contributed by atoms with Gasteiger partial charge in [-0.25, -0.2) is 4.79 Å². The lowest BCUT2D eigenvalue weighted by Crippen LogP contribution is -2.58. The molecule has 1 aromatic carbocycles.